The van der Waals surface area contributed by atoms with E-state index in [9.17, 15) is 0 Å². The Bertz CT molecular complexity index is 76.2. The van der Waals surface area contributed by atoms with Crippen LogP contribution in [-0.2, 0) is 0 Å². The van der Waals surface area contributed by atoms with E-state index < -0.39 is 0 Å². The van der Waals surface area contributed by atoms with E-state index >= 15 is 0 Å². The predicted molar refractivity (Wildman–Crippen MR) is 30.9 cm³/mol. The number of hydrogen-bond acceptors (Lipinski definition) is 1. The van der Waals surface area contributed by atoms with Gasteiger partial charge in [-0.25, -0.2) is 0 Å². The van der Waals surface area contributed by atoms with Crippen LogP contribution in [0.15, 0.2) is 12.3 Å². The molecule has 1 heterocycles. The summed E-state index contributed by atoms with van der Waals surface area (Å²) in [7, 11) is 0. The molecular weight excluding hydrogens is 86.1 g/mol. The summed E-state index contributed by atoms with van der Waals surface area (Å²) in [5.74, 6) is 0.793. The van der Waals surface area contributed by atoms with Gasteiger partial charge < -0.3 is 5.32 Å². The van der Waals surface area contributed by atoms with Gasteiger partial charge in [-0.15, -0.1) is 0 Å². The molecule has 0 fully saturated rings. The molecule has 0 radical (unpaired) electrons. The van der Waals surface area contributed by atoms with Crippen LogP contribution in [-0.4, -0.2) is 6.54 Å². The molecule has 0 aromatic carbocycles. The summed E-state index contributed by atoms with van der Waals surface area (Å²) in [4.78, 5) is 0. The normalized spacial score (nSPS) is 29.6. The maximum absolute atomic E-state index is 3.13. The molecule has 1 atom stereocenters. The highest BCUT2D eigenvalue weighted by Gasteiger charge is 1.97. The Morgan fingerprint density at radius 2 is 2.57 bits per heavy atom. The smallest absolute Gasteiger partial charge is 0.0146 e. The van der Waals surface area contributed by atoms with Gasteiger partial charge in [0.1, 0.15) is 0 Å². The van der Waals surface area contributed by atoms with Crippen LogP contribution in [0, 0.1) is 5.92 Å². The molecule has 0 unspecified atom stereocenters. The van der Waals surface area contributed by atoms with Gasteiger partial charge in [0.2, 0.25) is 0 Å². The first-order valence-corrected chi connectivity index (χ1v) is 2.79. The minimum absolute atomic E-state index is 0.793. The van der Waals surface area contributed by atoms with E-state index in [1.54, 1.807) is 0 Å². The number of allylic oxidation sites excluding steroid dienone is 1. The first-order valence-electron chi connectivity index (χ1n) is 2.79. The van der Waals surface area contributed by atoms with Crippen LogP contribution in [0.5, 0.6) is 0 Å². The van der Waals surface area contributed by atoms with Gasteiger partial charge in [-0.1, -0.05) is 13.0 Å². The summed E-state index contributed by atoms with van der Waals surface area (Å²) in [5, 5.41) is 3.13. The molecule has 1 N–H and O–H groups in total. The lowest BCUT2D eigenvalue weighted by Gasteiger charge is -2.10. The number of rotatable bonds is 0. The largest absolute Gasteiger partial charge is 0.391 e. The third-order valence-corrected chi connectivity index (χ3v) is 1.29. The van der Waals surface area contributed by atoms with Crippen molar-refractivity contribution in [2.24, 2.45) is 5.92 Å². The average molecular weight is 97.2 g/mol. The zero-order chi connectivity index (χ0) is 5.11. The molecule has 0 aromatic heterocycles. The van der Waals surface area contributed by atoms with Gasteiger partial charge in [-0.3, -0.25) is 0 Å². The number of hydrogen-bond donors (Lipinski definition) is 1. The first kappa shape index (κ1) is 4.69. The van der Waals surface area contributed by atoms with Crippen LogP contribution in [0.25, 0.3) is 0 Å². The highest BCUT2D eigenvalue weighted by molar-refractivity contribution is 4.89. The third-order valence-electron chi connectivity index (χ3n) is 1.29. The summed E-state index contributed by atoms with van der Waals surface area (Å²) >= 11 is 0. The molecule has 7 heavy (non-hydrogen) atoms. The summed E-state index contributed by atoms with van der Waals surface area (Å²) < 4.78 is 0. The van der Waals surface area contributed by atoms with Gasteiger partial charge in [-0.2, -0.15) is 0 Å². The van der Waals surface area contributed by atoms with Crippen molar-refractivity contribution < 1.29 is 0 Å². The molecule has 0 saturated carbocycles. The molecular formula is C6H11N. The van der Waals surface area contributed by atoms with Crippen molar-refractivity contribution in [1.29, 1.82) is 0 Å². The minimum Gasteiger partial charge on any atom is -0.391 e. The molecule has 0 aliphatic carbocycles. The lowest BCUT2D eigenvalue weighted by Crippen LogP contribution is -2.14. The van der Waals surface area contributed by atoms with Crippen LogP contribution in [0.1, 0.15) is 13.3 Å². The molecule has 0 aromatic rings. The summed E-state index contributed by atoms with van der Waals surface area (Å²) in [6.45, 7) is 3.38. The van der Waals surface area contributed by atoms with Crippen LogP contribution in [0.2, 0.25) is 0 Å². The third kappa shape index (κ3) is 1.22. The van der Waals surface area contributed by atoms with E-state index in [0.717, 1.165) is 12.5 Å². The second kappa shape index (κ2) is 2.01. The van der Waals surface area contributed by atoms with Gasteiger partial charge in [0, 0.05) is 6.54 Å². The predicted octanol–water partition coefficient (Wildman–Crippen LogP) is 1.13. The van der Waals surface area contributed by atoms with E-state index in [2.05, 4.69) is 18.3 Å². The molecule has 1 aliphatic rings. The monoisotopic (exact) mass is 97.1 g/mol. The highest BCUT2D eigenvalue weighted by Crippen LogP contribution is 2.04. The fraction of sp³-hybridized carbons (Fsp3) is 0.667. The van der Waals surface area contributed by atoms with Crippen LogP contribution >= 0.6 is 0 Å². The fourth-order valence-electron chi connectivity index (χ4n) is 0.723. The summed E-state index contributed by atoms with van der Waals surface area (Å²) in [5.41, 5.74) is 0. The Labute approximate surface area is 44.4 Å². The van der Waals surface area contributed by atoms with Gasteiger partial charge in [0.05, 0.1) is 0 Å². The van der Waals surface area contributed by atoms with E-state index in [4.69, 9.17) is 0 Å². The molecule has 0 amide bonds. The van der Waals surface area contributed by atoms with Crippen LogP contribution < -0.4 is 5.32 Å². The zero-order valence-corrected chi connectivity index (χ0v) is 4.65. The van der Waals surface area contributed by atoms with Gasteiger partial charge in [0.15, 0.2) is 0 Å². The molecule has 40 valence electrons. The Morgan fingerprint density at radius 3 is 2.86 bits per heavy atom. The van der Waals surface area contributed by atoms with Gasteiger partial charge in [-0.05, 0) is 18.5 Å². The van der Waals surface area contributed by atoms with Crippen LogP contribution in [0.3, 0.4) is 0 Å². The van der Waals surface area contributed by atoms with Gasteiger partial charge in [0.25, 0.3) is 0 Å². The second-order valence-electron chi connectivity index (χ2n) is 2.08. The second-order valence-corrected chi connectivity index (χ2v) is 2.08. The maximum atomic E-state index is 3.13. The maximum Gasteiger partial charge on any atom is 0.0146 e. The van der Waals surface area contributed by atoms with Crippen molar-refractivity contribution in [3.05, 3.63) is 12.3 Å². The molecule has 0 spiro atoms. The van der Waals surface area contributed by atoms with Crippen molar-refractivity contribution in [3.63, 3.8) is 0 Å². The van der Waals surface area contributed by atoms with E-state index in [-0.39, 0.29) is 0 Å². The van der Waals surface area contributed by atoms with E-state index in [0.29, 0.717) is 0 Å². The van der Waals surface area contributed by atoms with Crippen molar-refractivity contribution in [2.45, 2.75) is 13.3 Å². The SMILES string of the molecule is C[C@@H]1C=CNCC1. The Morgan fingerprint density at radius 1 is 1.71 bits per heavy atom. The Kier molecular flexibility index (Phi) is 1.35. The molecule has 1 aliphatic heterocycles. The lowest BCUT2D eigenvalue weighted by molar-refractivity contribution is 0.590. The highest BCUT2D eigenvalue weighted by atomic mass is 14.8. The Hall–Kier alpha value is -0.460. The fourth-order valence-corrected chi connectivity index (χ4v) is 0.723. The summed E-state index contributed by atoms with van der Waals surface area (Å²) in [6.07, 6.45) is 5.52. The van der Waals surface area contributed by atoms with Crippen molar-refractivity contribution >= 4 is 0 Å². The molecule has 0 bridgehead atoms. The molecule has 1 heteroatoms. The number of nitrogens with one attached hydrogen (secondary N) is 1. The Balaban J connectivity index is 2.36. The van der Waals surface area contributed by atoms with Crippen molar-refractivity contribution in [1.82, 2.24) is 5.32 Å². The molecule has 1 nitrogen and oxygen atoms in total. The quantitative estimate of drug-likeness (QED) is 0.477. The average Bonchev–Trinajstić information content (AvgIpc) is 1.69. The standard InChI is InChI=1S/C6H11N/c1-6-2-4-7-5-3-6/h2,4,6-7H,3,5H2,1H3/t6-/m1/s1. The minimum atomic E-state index is 0.793. The topological polar surface area (TPSA) is 12.0 Å². The molecule has 0 saturated heterocycles. The first-order chi connectivity index (χ1) is 3.39. The molecule has 1 rings (SSSR count). The van der Waals surface area contributed by atoms with E-state index in [1.807, 2.05) is 6.20 Å². The van der Waals surface area contributed by atoms with Gasteiger partial charge >= 0.3 is 0 Å². The zero-order valence-electron chi connectivity index (χ0n) is 4.65. The lowest BCUT2D eigenvalue weighted by atomic mass is 10.1. The van der Waals surface area contributed by atoms with Crippen LogP contribution in [0.4, 0.5) is 0 Å². The summed E-state index contributed by atoms with van der Waals surface area (Å²) in [6, 6.07) is 0. The van der Waals surface area contributed by atoms with E-state index in [1.165, 1.54) is 6.42 Å². The van der Waals surface area contributed by atoms with Crippen molar-refractivity contribution in [3.8, 4) is 0 Å². The van der Waals surface area contributed by atoms with Crippen molar-refractivity contribution in [2.75, 3.05) is 6.54 Å².